The van der Waals surface area contributed by atoms with E-state index in [-0.39, 0.29) is 52.6 Å². The summed E-state index contributed by atoms with van der Waals surface area (Å²) in [7, 11) is 0. The fraction of sp³-hybridized carbons (Fsp3) is 0.342. The average molecular weight is 1010 g/mol. The predicted octanol–water partition coefficient (Wildman–Crippen LogP) is 12.4. The minimum absolute atomic E-state index is 0.0112. The number of benzene rings is 8. The van der Waals surface area contributed by atoms with Gasteiger partial charge >= 0.3 is 0 Å². The van der Waals surface area contributed by atoms with Crippen LogP contribution in [0.4, 0.5) is 0 Å². The number of hydrogen-bond donors (Lipinski definition) is 0. The molecule has 0 spiro atoms. The average Bonchev–Trinajstić information content (AvgIpc) is 2.24. The second-order valence-electron chi connectivity index (χ2n) is 30.7. The molecule has 0 unspecified atom stereocenters. The molecule has 8 aromatic carbocycles. The van der Waals surface area contributed by atoms with E-state index in [0.717, 1.165) is 0 Å². The zero-order valence-corrected chi connectivity index (χ0v) is 50.2. The van der Waals surface area contributed by atoms with Crippen molar-refractivity contribution in [2.45, 2.75) is 164 Å². The smallest absolute Gasteiger partial charge is 0.252 e. The van der Waals surface area contributed by atoms with E-state index in [0.29, 0.717) is 0 Å². The van der Waals surface area contributed by atoms with Crippen LogP contribution >= 0.6 is 0 Å². The zero-order chi connectivity index (χ0) is 55.2. The maximum atomic E-state index is 2.84. The van der Waals surface area contributed by atoms with Crippen molar-refractivity contribution in [3.05, 3.63) is 160 Å². The van der Waals surface area contributed by atoms with Crippen LogP contribution in [0.5, 0.6) is 0 Å². The Balaban J connectivity index is 1.30. The highest BCUT2D eigenvalue weighted by atomic mass is 15.0. The van der Waals surface area contributed by atoms with E-state index in [9.17, 15) is 0 Å². The van der Waals surface area contributed by atoms with Crippen LogP contribution in [0.2, 0.25) is 0 Å². The Hall–Kier alpha value is -6.45. The molecule has 5 heteroatoms. The zero-order valence-electron chi connectivity index (χ0n) is 50.2. The second kappa shape index (κ2) is 15.5. The van der Waals surface area contributed by atoms with Crippen LogP contribution in [-0.4, -0.2) is 29.3 Å². The summed E-state index contributed by atoms with van der Waals surface area (Å²) in [5.41, 5.74) is 33.1. The van der Waals surface area contributed by atoms with Gasteiger partial charge in [0.15, 0.2) is 0 Å². The van der Waals surface area contributed by atoms with Crippen LogP contribution in [0, 0.1) is 6.92 Å². The van der Waals surface area contributed by atoms with Gasteiger partial charge in [0, 0.05) is 55.0 Å². The van der Waals surface area contributed by atoms with Crippen molar-refractivity contribution in [1.29, 1.82) is 0 Å². The molecule has 4 aliphatic heterocycles. The van der Waals surface area contributed by atoms with Crippen molar-refractivity contribution in [3.8, 4) is 22.5 Å². The van der Waals surface area contributed by atoms with Crippen LogP contribution in [0.3, 0.4) is 0 Å². The molecule has 388 valence electrons. The number of aromatic nitrogens is 2. The summed E-state index contributed by atoms with van der Waals surface area (Å²) in [6.45, 7) is 45.3. The minimum Gasteiger partial charge on any atom is -0.311 e. The van der Waals surface area contributed by atoms with Gasteiger partial charge in [-0.2, -0.15) is 0 Å². The highest BCUT2D eigenvalue weighted by Crippen LogP contribution is 2.46. The molecule has 0 radical (unpaired) electrons. The Labute approximate surface area is 466 Å². The fourth-order valence-electron chi connectivity index (χ4n) is 14.7. The van der Waals surface area contributed by atoms with Gasteiger partial charge in [-0.25, -0.2) is 0 Å². The fourth-order valence-corrected chi connectivity index (χ4v) is 14.7. The van der Waals surface area contributed by atoms with Gasteiger partial charge in [0.1, 0.15) is 0 Å². The molecule has 10 aromatic rings. The number of fused-ring (bicyclic) bond motifs is 4. The van der Waals surface area contributed by atoms with Crippen LogP contribution in [0.15, 0.2) is 121 Å². The van der Waals surface area contributed by atoms with Crippen molar-refractivity contribution >= 4 is 113 Å². The Kier molecular flexibility index (Phi) is 9.88. The van der Waals surface area contributed by atoms with Crippen molar-refractivity contribution in [3.63, 3.8) is 0 Å². The third kappa shape index (κ3) is 6.78. The van der Waals surface area contributed by atoms with Crippen LogP contribution in [0.1, 0.15) is 164 Å². The first-order valence-corrected chi connectivity index (χ1v) is 29.3. The normalized spacial score (nSPS) is 14.8. The first kappa shape index (κ1) is 49.8. The molecule has 78 heavy (non-hydrogen) atoms. The van der Waals surface area contributed by atoms with E-state index in [1.807, 2.05) is 0 Å². The molecule has 0 bridgehead atoms. The molecular weight excluding hydrogens is 937 g/mol. The third-order valence-corrected chi connectivity index (χ3v) is 19.2. The summed E-state index contributed by atoms with van der Waals surface area (Å²) >= 11 is 0. The Bertz CT molecular complexity index is 4030. The third-order valence-electron chi connectivity index (χ3n) is 19.2. The predicted molar refractivity (Wildman–Crippen MR) is 344 cm³/mol. The lowest BCUT2D eigenvalue weighted by Crippen LogP contribution is -2.70. The molecule has 4 aliphatic rings. The van der Waals surface area contributed by atoms with Crippen LogP contribution < -0.4 is 49.2 Å². The summed E-state index contributed by atoms with van der Waals surface area (Å²) < 4.78 is 5.68. The van der Waals surface area contributed by atoms with Crippen molar-refractivity contribution < 1.29 is 0 Å². The van der Waals surface area contributed by atoms with Gasteiger partial charge < -0.3 is 9.13 Å². The summed E-state index contributed by atoms with van der Waals surface area (Å²) in [4.78, 5) is 0. The van der Waals surface area contributed by atoms with Gasteiger partial charge in [-0.15, -0.1) is 0 Å². The first-order valence-electron chi connectivity index (χ1n) is 29.3. The topological polar surface area (TPSA) is 9.86 Å². The summed E-state index contributed by atoms with van der Waals surface area (Å²) in [5, 5.41) is 5.54. The molecule has 0 aliphatic carbocycles. The van der Waals surface area contributed by atoms with Crippen molar-refractivity contribution in [1.82, 2.24) is 9.13 Å². The largest absolute Gasteiger partial charge is 0.311 e. The summed E-state index contributed by atoms with van der Waals surface area (Å²) in [5.74, 6) is 0. The SMILES string of the molecule is Cc1ccc(-c2c3c4c5c6c2B(c2ccc(C(C)(C)C)cc2)c2cc(C(C)(C)C)cc7c8cc(C(C)(C)C)cc(c8n-6c27)B5c2cc(C(C)(C)C)cc5c6cc(C(C)(C)C)cc(c6n-4c25)B3c2ccc(C(C)(C)C)cc2)cc1. The Morgan fingerprint density at radius 1 is 0.295 bits per heavy atom. The number of aryl methyl sites for hydroxylation is 1. The van der Waals surface area contributed by atoms with Crippen molar-refractivity contribution in [2.75, 3.05) is 0 Å². The molecule has 0 saturated heterocycles. The maximum Gasteiger partial charge on any atom is 0.252 e. The van der Waals surface area contributed by atoms with E-state index in [1.165, 1.54) is 154 Å². The molecule has 0 fully saturated rings. The highest BCUT2D eigenvalue weighted by molar-refractivity contribution is 7.07. The van der Waals surface area contributed by atoms with Gasteiger partial charge in [-0.05, 0) is 146 Å². The van der Waals surface area contributed by atoms with Crippen molar-refractivity contribution in [2.24, 2.45) is 0 Å². The lowest BCUT2D eigenvalue weighted by molar-refractivity contribution is 0.590. The molecule has 14 rings (SSSR count). The van der Waals surface area contributed by atoms with Gasteiger partial charge in [0.05, 0.1) is 0 Å². The standard InChI is InChI=1S/C73H77B3N2/c1-40-20-22-41(23-21-40)58-59-66-61-67-60(58)75(49-30-26-43(27-31-49)69(5,6)7)55-37-45(71(11,12)13)33-51-53-35-47(73(17,18)19)39-57(65(53)78(67)63(51)55)76(61)56-38-46(72(14,15)16)34-52-50-32-44(70(8,9)10)36-54(62(50)77(66)64(52)56)74(59)48-28-24-42(25-29-48)68(2,3)4/h20-39H,1-19H3. The molecular formula is C73H77B3N2. The molecule has 2 nitrogen and oxygen atoms in total. The maximum absolute atomic E-state index is 2.84. The lowest BCUT2D eigenvalue weighted by atomic mass is 9.26. The summed E-state index contributed by atoms with van der Waals surface area (Å²) in [6, 6.07) is 50.6. The Morgan fingerprint density at radius 3 is 0.859 bits per heavy atom. The second-order valence-corrected chi connectivity index (χ2v) is 30.7. The van der Waals surface area contributed by atoms with Gasteiger partial charge in [0.25, 0.3) is 6.71 Å². The van der Waals surface area contributed by atoms with Gasteiger partial charge in [-0.1, -0.05) is 238 Å². The van der Waals surface area contributed by atoms with E-state index in [2.05, 4.69) is 262 Å². The monoisotopic (exact) mass is 1010 g/mol. The quantitative estimate of drug-likeness (QED) is 0.156. The van der Waals surface area contributed by atoms with E-state index in [1.54, 1.807) is 0 Å². The molecule has 6 heterocycles. The number of hydrogen-bond acceptors (Lipinski definition) is 0. The lowest BCUT2D eigenvalue weighted by Gasteiger charge is -2.44. The van der Waals surface area contributed by atoms with Crippen LogP contribution in [-0.2, 0) is 32.5 Å². The molecule has 2 aromatic heterocycles. The molecule has 0 atom stereocenters. The number of nitrogens with zero attached hydrogens (tertiary/aromatic N) is 2. The van der Waals surface area contributed by atoms with E-state index < -0.39 is 0 Å². The number of rotatable bonds is 3. The Morgan fingerprint density at radius 2 is 0.577 bits per heavy atom. The molecule has 0 amide bonds. The first-order chi connectivity index (χ1) is 36.4. The van der Waals surface area contributed by atoms with Gasteiger partial charge in [0.2, 0.25) is 13.4 Å². The van der Waals surface area contributed by atoms with Crippen LogP contribution in [0.25, 0.3) is 66.1 Å². The minimum atomic E-state index is -0.0936. The van der Waals surface area contributed by atoms with E-state index in [4.69, 9.17) is 0 Å². The molecule has 0 saturated carbocycles. The van der Waals surface area contributed by atoms with Gasteiger partial charge in [-0.3, -0.25) is 0 Å². The summed E-state index contributed by atoms with van der Waals surface area (Å²) in [6.07, 6.45) is 0. The molecule has 0 N–H and O–H groups in total. The van der Waals surface area contributed by atoms with E-state index >= 15 is 0 Å². The highest BCUT2D eigenvalue weighted by Gasteiger charge is 2.52.